The summed E-state index contributed by atoms with van der Waals surface area (Å²) in [6.45, 7) is 1.96. The fourth-order valence-electron chi connectivity index (χ4n) is 1.59. The van der Waals surface area contributed by atoms with Crippen LogP contribution in [0.25, 0.3) is 11.1 Å². The number of carboxylic acid groups (broad SMARTS) is 1. The number of aliphatic carboxylic acids is 1. The van der Waals surface area contributed by atoms with Gasteiger partial charge in [-0.25, -0.2) is 4.79 Å². The number of hydrogen-bond donors (Lipinski definition) is 0. The van der Waals surface area contributed by atoms with E-state index in [1.807, 2.05) is 13.0 Å². The van der Waals surface area contributed by atoms with Gasteiger partial charge >= 0.3 is 5.76 Å². The fourth-order valence-corrected chi connectivity index (χ4v) is 1.59. The molecule has 0 spiro atoms. The van der Waals surface area contributed by atoms with E-state index in [0.717, 1.165) is 5.56 Å². The maximum absolute atomic E-state index is 11.4. The quantitative estimate of drug-likeness (QED) is 0.732. The van der Waals surface area contributed by atoms with E-state index in [4.69, 9.17) is 4.42 Å². The molecule has 2 aromatic rings. The Morgan fingerprint density at radius 3 is 2.94 bits per heavy atom. The van der Waals surface area contributed by atoms with Crippen LogP contribution in [0.2, 0.25) is 0 Å². The highest BCUT2D eigenvalue weighted by atomic mass is 16.4. The van der Waals surface area contributed by atoms with Gasteiger partial charge in [-0.05, 0) is 24.6 Å². The van der Waals surface area contributed by atoms with E-state index < -0.39 is 11.7 Å². The summed E-state index contributed by atoms with van der Waals surface area (Å²) in [5.41, 5.74) is 2.07. The van der Waals surface area contributed by atoms with Crippen molar-refractivity contribution in [3.05, 3.63) is 34.3 Å². The Kier molecular flexibility index (Phi) is 2.52. The molecule has 0 aliphatic heterocycles. The predicted molar refractivity (Wildman–Crippen MR) is 54.8 cm³/mol. The summed E-state index contributed by atoms with van der Waals surface area (Å²) in [6.07, 6.45) is -0.206. The zero-order valence-electron chi connectivity index (χ0n) is 8.73. The topological polar surface area (TPSA) is 75.3 Å². The van der Waals surface area contributed by atoms with Gasteiger partial charge < -0.3 is 14.3 Å². The zero-order valence-corrected chi connectivity index (χ0v) is 8.73. The van der Waals surface area contributed by atoms with Gasteiger partial charge in [0.2, 0.25) is 0 Å². The van der Waals surface area contributed by atoms with Crippen LogP contribution in [0.1, 0.15) is 12.0 Å². The molecule has 0 N–H and O–H groups in total. The molecule has 0 saturated carbocycles. The lowest BCUT2D eigenvalue weighted by Gasteiger charge is -2.03. The molecule has 1 aromatic heterocycles. The summed E-state index contributed by atoms with van der Waals surface area (Å²) in [5.74, 6) is -1.73. The number of carbonyl (C=O) groups is 1. The fraction of sp³-hybridized carbons (Fsp3) is 0.273. The van der Waals surface area contributed by atoms with Crippen LogP contribution in [0.3, 0.4) is 0 Å². The van der Waals surface area contributed by atoms with Crippen LogP contribution in [0.4, 0.5) is 0 Å². The average Bonchev–Trinajstić information content (AvgIpc) is 2.51. The summed E-state index contributed by atoms with van der Waals surface area (Å²) in [7, 11) is 0. The number of benzene rings is 1. The van der Waals surface area contributed by atoms with Crippen molar-refractivity contribution in [1.82, 2.24) is 4.57 Å². The van der Waals surface area contributed by atoms with Crippen LogP contribution < -0.4 is 10.9 Å². The first kappa shape index (κ1) is 10.5. The van der Waals surface area contributed by atoms with Gasteiger partial charge in [0.1, 0.15) is 0 Å². The van der Waals surface area contributed by atoms with E-state index in [-0.39, 0.29) is 13.0 Å². The van der Waals surface area contributed by atoms with Crippen molar-refractivity contribution in [2.45, 2.75) is 19.9 Å². The van der Waals surface area contributed by atoms with Crippen molar-refractivity contribution in [3.8, 4) is 0 Å². The first-order valence-electron chi connectivity index (χ1n) is 4.88. The maximum Gasteiger partial charge on any atom is 0.419 e. The summed E-state index contributed by atoms with van der Waals surface area (Å²) < 4.78 is 6.28. The standard InChI is InChI=1S/C11H11NO4/c1-7-2-3-9-8(6-7)12(11(15)16-9)5-4-10(13)14/h2-3,6H,4-5H2,1H3,(H,13,14)/p-1. The minimum Gasteiger partial charge on any atom is -0.550 e. The molecule has 0 fully saturated rings. The number of aryl methyl sites for hydroxylation is 2. The maximum atomic E-state index is 11.4. The van der Waals surface area contributed by atoms with Crippen molar-refractivity contribution >= 4 is 17.1 Å². The Balaban J connectivity index is 2.50. The number of nitrogens with zero attached hydrogens (tertiary/aromatic N) is 1. The van der Waals surface area contributed by atoms with Crippen molar-refractivity contribution in [1.29, 1.82) is 0 Å². The molecule has 0 radical (unpaired) electrons. The van der Waals surface area contributed by atoms with Crippen LogP contribution in [0.15, 0.2) is 27.4 Å². The molecule has 0 unspecified atom stereocenters. The minimum atomic E-state index is -1.19. The molecule has 5 nitrogen and oxygen atoms in total. The minimum absolute atomic E-state index is 0.0671. The number of carboxylic acids is 1. The lowest BCUT2D eigenvalue weighted by molar-refractivity contribution is -0.305. The van der Waals surface area contributed by atoms with E-state index in [1.165, 1.54) is 4.57 Å². The van der Waals surface area contributed by atoms with E-state index in [0.29, 0.717) is 11.1 Å². The van der Waals surface area contributed by atoms with Gasteiger partial charge in [0.15, 0.2) is 5.58 Å². The molecule has 5 heteroatoms. The van der Waals surface area contributed by atoms with E-state index in [9.17, 15) is 14.7 Å². The van der Waals surface area contributed by atoms with Crippen LogP contribution >= 0.6 is 0 Å². The number of oxazole rings is 1. The lowest BCUT2D eigenvalue weighted by atomic mass is 10.2. The number of carbonyl (C=O) groups excluding carboxylic acids is 1. The molecule has 16 heavy (non-hydrogen) atoms. The van der Waals surface area contributed by atoms with Gasteiger partial charge in [0.25, 0.3) is 0 Å². The van der Waals surface area contributed by atoms with Crippen molar-refractivity contribution in [3.63, 3.8) is 0 Å². The first-order valence-corrected chi connectivity index (χ1v) is 4.88. The van der Waals surface area contributed by atoms with Crippen LogP contribution in [-0.4, -0.2) is 10.5 Å². The SMILES string of the molecule is Cc1ccc2oc(=O)n(CCC(=O)[O-])c2c1. The Morgan fingerprint density at radius 1 is 1.50 bits per heavy atom. The van der Waals surface area contributed by atoms with Gasteiger partial charge in [-0.1, -0.05) is 6.07 Å². The van der Waals surface area contributed by atoms with Crippen LogP contribution in [0.5, 0.6) is 0 Å². The molecule has 0 atom stereocenters. The van der Waals surface area contributed by atoms with Gasteiger partial charge in [0.05, 0.1) is 5.52 Å². The Bertz CT molecular complexity index is 594. The molecular weight excluding hydrogens is 210 g/mol. The summed E-state index contributed by atoms with van der Waals surface area (Å²) in [6, 6.07) is 5.31. The summed E-state index contributed by atoms with van der Waals surface area (Å²) >= 11 is 0. The van der Waals surface area contributed by atoms with Crippen LogP contribution in [-0.2, 0) is 11.3 Å². The van der Waals surface area contributed by atoms with Crippen molar-refractivity contribution < 1.29 is 14.3 Å². The molecule has 0 amide bonds. The third-order valence-electron chi connectivity index (χ3n) is 2.36. The second-order valence-corrected chi connectivity index (χ2v) is 3.61. The Labute approximate surface area is 90.9 Å². The van der Waals surface area contributed by atoms with Gasteiger partial charge in [0, 0.05) is 18.9 Å². The Morgan fingerprint density at radius 2 is 2.25 bits per heavy atom. The first-order chi connectivity index (χ1) is 7.58. The Hall–Kier alpha value is -2.04. The number of aromatic nitrogens is 1. The van der Waals surface area contributed by atoms with Gasteiger partial charge in [-0.3, -0.25) is 4.57 Å². The molecule has 1 aromatic carbocycles. The van der Waals surface area contributed by atoms with Crippen molar-refractivity contribution in [2.75, 3.05) is 0 Å². The lowest BCUT2D eigenvalue weighted by Crippen LogP contribution is -2.25. The van der Waals surface area contributed by atoms with Crippen molar-refractivity contribution in [2.24, 2.45) is 0 Å². The molecule has 84 valence electrons. The normalized spacial score (nSPS) is 10.8. The second kappa shape index (κ2) is 3.84. The third kappa shape index (κ3) is 1.84. The molecule has 0 aliphatic carbocycles. The highest BCUT2D eigenvalue weighted by Crippen LogP contribution is 2.14. The molecule has 0 aliphatic rings. The van der Waals surface area contributed by atoms with Gasteiger partial charge in [-0.15, -0.1) is 0 Å². The summed E-state index contributed by atoms with van der Waals surface area (Å²) in [4.78, 5) is 21.8. The third-order valence-corrected chi connectivity index (χ3v) is 2.36. The predicted octanol–water partition coefficient (Wildman–Crippen LogP) is 0.0429. The van der Waals surface area contributed by atoms with E-state index in [2.05, 4.69) is 0 Å². The highest BCUT2D eigenvalue weighted by molar-refractivity contribution is 5.74. The second-order valence-electron chi connectivity index (χ2n) is 3.61. The van der Waals surface area contributed by atoms with E-state index in [1.54, 1.807) is 12.1 Å². The molecule has 0 bridgehead atoms. The highest BCUT2D eigenvalue weighted by Gasteiger charge is 2.08. The zero-order chi connectivity index (χ0) is 11.7. The smallest absolute Gasteiger partial charge is 0.419 e. The molecular formula is C11H10NO4-. The molecule has 1 heterocycles. The number of fused-ring (bicyclic) bond motifs is 1. The largest absolute Gasteiger partial charge is 0.550 e. The molecule has 0 saturated heterocycles. The monoisotopic (exact) mass is 220 g/mol. The summed E-state index contributed by atoms with van der Waals surface area (Å²) in [5, 5.41) is 10.4. The average molecular weight is 220 g/mol. The van der Waals surface area contributed by atoms with Crippen LogP contribution in [0, 0.1) is 6.92 Å². The van der Waals surface area contributed by atoms with E-state index >= 15 is 0 Å². The number of rotatable bonds is 3. The molecule has 2 rings (SSSR count). The number of hydrogen-bond acceptors (Lipinski definition) is 4. The van der Waals surface area contributed by atoms with Gasteiger partial charge in [-0.2, -0.15) is 0 Å².